The van der Waals surface area contributed by atoms with Gasteiger partial charge in [0.15, 0.2) is 6.29 Å². The average molecular weight is 234 g/mol. The molecule has 0 aromatic heterocycles. The lowest BCUT2D eigenvalue weighted by atomic mass is 9.84. The van der Waals surface area contributed by atoms with Crippen molar-refractivity contribution >= 4 is 12.3 Å². The monoisotopic (exact) mass is 234 g/mol. The third-order valence-corrected chi connectivity index (χ3v) is 3.00. The first-order valence-electron chi connectivity index (χ1n) is 5.56. The molecule has 0 aliphatic rings. The first kappa shape index (κ1) is 13.4. The normalized spacial score (nSPS) is 11.3. The summed E-state index contributed by atoms with van der Waals surface area (Å²) in [5, 5.41) is 9.09. The quantitative estimate of drug-likeness (QED) is 0.815. The number of hydrogen-bond donors (Lipinski definition) is 1. The Balaban J connectivity index is 3.10. The zero-order chi connectivity index (χ0) is 13.2. The van der Waals surface area contributed by atoms with Crippen molar-refractivity contribution in [1.82, 2.24) is 0 Å². The number of carboxylic acid groups (broad SMARTS) is 1. The smallest absolute Gasteiger partial charge is 0.309 e. The summed E-state index contributed by atoms with van der Waals surface area (Å²) in [7, 11) is 0. The van der Waals surface area contributed by atoms with Gasteiger partial charge in [-0.05, 0) is 50.8 Å². The molecule has 0 unspecified atom stereocenters. The van der Waals surface area contributed by atoms with Crippen molar-refractivity contribution in [2.24, 2.45) is 5.41 Å². The number of hydrogen-bond acceptors (Lipinski definition) is 2. The molecule has 0 bridgehead atoms. The number of carboxylic acids is 1. The molecule has 0 saturated carbocycles. The summed E-state index contributed by atoms with van der Waals surface area (Å²) in [6.45, 7) is 7.14. The Morgan fingerprint density at radius 3 is 2.12 bits per heavy atom. The molecular formula is C14H18O3. The minimum atomic E-state index is -0.813. The van der Waals surface area contributed by atoms with E-state index in [9.17, 15) is 9.59 Å². The van der Waals surface area contributed by atoms with Crippen LogP contribution in [0.2, 0.25) is 0 Å². The Morgan fingerprint density at radius 1 is 1.29 bits per heavy atom. The molecule has 0 heterocycles. The van der Waals surface area contributed by atoms with Crippen LogP contribution in [0.5, 0.6) is 0 Å². The molecule has 1 rings (SSSR count). The summed E-state index contributed by atoms with van der Waals surface area (Å²) in [5.74, 6) is -0.813. The highest BCUT2D eigenvalue weighted by atomic mass is 16.4. The molecule has 1 aromatic rings. The SMILES string of the molecule is Cc1cc(CC(C)(C)C(=O)O)cc(C)c1C=O. The average Bonchev–Trinajstić information content (AvgIpc) is 2.15. The van der Waals surface area contributed by atoms with Gasteiger partial charge in [0.05, 0.1) is 5.41 Å². The molecule has 92 valence electrons. The van der Waals surface area contributed by atoms with Crippen LogP contribution in [0.3, 0.4) is 0 Å². The largest absolute Gasteiger partial charge is 0.481 e. The topological polar surface area (TPSA) is 54.4 Å². The summed E-state index contributed by atoms with van der Waals surface area (Å²) in [6, 6.07) is 3.78. The zero-order valence-corrected chi connectivity index (χ0v) is 10.7. The highest BCUT2D eigenvalue weighted by Gasteiger charge is 2.27. The number of carbonyl (C=O) groups is 2. The Labute approximate surface area is 101 Å². The molecular weight excluding hydrogens is 216 g/mol. The van der Waals surface area contributed by atoms with E-state index in [1.165, 1.54) is 0 Å². The predicted molar refractivity (Wildman–Crippen MR) is 66.4 cm³/mol. The van der Waals surface area contributed by atoms with E-state index in [1.54, 1.807) is 13.8 Å². The van der Waals surface area contributed by atoms with Crippen molar-refractivity contribution in [3.63, 3.8) is 0 Å². The molecule has 1 N–H and O–H groups in total. The molecule has 0 aliphatic carbocycles. The van der Waals surface area contributed by atoms with Crippen LogP contribution in [-0.2, 0) is 11.2 Å². The molecule has 3 nitrogen and oxygen atoms in total. The lowest BCUT2D eigenvalue weighted by molar-refractivity contribution is -0.146. The van der Waals surface area contributed by atoms with Gasteiger partial charge in [-0.25, -0.2) is 0 Å². The van der Waals surface area contributed by atoms with Crippen molar-refractivity contribution < 1.29 is 14.7 Å². The van der Waals surface area contributed by atoms with E-state index in [0.717, 1.165) is 23.0 Å². The van der Waals surface area contributed by atoms with Crippen LogP contribution < -0.4 is 0 Å². The van der Waals surface area contributed by atoms with Crippen LogP contribution >= 0.6 is 0 Å². The second-order valence-electron chi connectivity index (χ2n) is 5.13. The van der Waals surface area contributed by atoms with Crippen LogP contribution in [0.4, 0.5) is 0 Å². The van der Waals surface area contributed by atoms with Gasteiger partial charge < -0.3 is 5.11 Å². The number of rotatable bonds is 4. The highest BCUT2D eigenvalue weighted by molar-refractivity contribution is 5.80. The number of carbonyl (C=O) groups excluding carboxylic acids is 1. The van der Waals surface area contributed by atoms with Crippen molar-refractivity contribution in [2.75, 3.05) is 0 Å². The summed E-state index contributed by atoms with van der Waals surface area (Å²) < 4.78 is 0. The maximum atomic E-state index is 11.1. The summed E-state index contributed by atoms with van der Waals surface area (Å²) in [4.78, 5) is 21.9. The molecule has 0 spiro atoms. The van der Waals surface area contributed by atoms with Gasteiger partial charge in [-0.3, -0.25) is 9.59 Å². The van der Waals surface area contributed by atoms with E-state index in [0.29, 0.717) is 12.0 Å². The molecule has 0 atom stereocenters. The van der Waals surface area contributed by atoms with Gasteiger partial charge in [0.25, 0.3) is 0 Å². The van der Waals surface area contributed by atoms with Crippen LogP contribution in [0.1, 0.15) is 40.9 Å². The third kappa shape index (κ3) is 2.93. The molecule has 0 fully saturated rings. The van der Waals surface area contributed by atoms with E-state index < -0.39 is 11.4 Å². The molecule has 0 aliphatic heterocycles. The van der Waals surface area contributed by atoms with Gasteiger partial charge in [0.1, 0.15) is 0 Å². The van der Waals surface area contributed by atoms with Gasteiger partial charge >= 0.3 is 5.97 Å². The molecule has 0 radical (unpaired) electrons. The van der Waals surface area contributed by atoms with Crippen molar-refractivity contribution in [3.8, 4) is 0 Å². The van der Waals surface area contributed by atoms with Crippen LogP contribution in [0.15, 0.2) is 12.1 Å². The summed E-state index contributed by atoms with van der Waals surface area (Å²) in [6.07, 6.45) is 1.31. The molecule has 3 heteroatoms. The van der Waals surface area contributed by atoms with Crippen molar-refractivity contribution in [3.05, 3.63) is 34.4 Å². The summed E-state index contributed by atoms with van der Waals surface area (Å²) in [5.41, 5.74) is 2.66. The summed E-state index contributed by atoms with van der Waals surface area (Å²) >= 11 is 0. The Morgan fingerprint density at radius 2 is 1.76 bits per heavy atom. The van der Waals surface area contributed by atoms with Gasteiger partial charge in [0, 0.05) is 5.56 Å². The number of aryl methyl sites for hydroxylation is 2. The fourth-order valence-corrected chi connectivity index (χ4v) is 1.94. The standard InChI is InChI=1S/C14H18O3/c1-9-5-11(6-10(2)12(9)8-15)7-14(3,4)13(16)17/h5-6,8H,7H2,1-4H3,(H,16,17). The van der Waals surface area contributed by atoms with Gasteiger partial charge in [-0.2, -0.15) is 0 Å². The molecule has 1 aromatic carbocycles. The zero-order valence-electron chi connectivity index (χ0n) is 10.7. The van der Waals surface area contributed by atoms with Crippen LogP contribution in [0, 0.1) is 19.3 Å². The van der Waals surface area contributed by atoms with E-state index in [1.807, 2.05) is 26.0 Å². The van der Waals surface area contributed by atoms with E-state index in [2.05, 4.69) is 0 Å². The van der Waals surface area contributed by atoms with Crippen molar-refractivity contribution in [2.45, 2.75) is 34.1 Å². The lowest BCUT2D eigenvalue weighted by Crippen LogP contribution is -2.26. The number of benzene rings is 1. The molecule has 0 saturated heterocycles. The molecule has 0 amide bonds. The van der Waals surface area contributed by atoms with E-state index in [4.69, 9.17) is 5.11 Å². The third-order valence-electron chi connectivity index (χ3n) is 3.00. The van der Waals surface area contributed by atoms with Crippen LogP contribution in [0.25, 0.3) is 0 Å². The Hall–Kier alpha value is -1.64. The highest BCUT2D eigenvalue weighted by Crippen LogP contribution is 2.24. The predicted octanol–water partition coefficient (Wildman–Crippen LogP) is 2.77. The number of aldehydes is 1. The molecule has 17 heavy (non-hydrogen) atoms. The second-order valence-corrected chi connectivity index (χ2v) is 5.13. The number of aliphatic carboxylic acids is 1. The van der Waals surface area contributed by atoms with E-state index in [-0.39, 0.29) is 0 Å². The van der Waals surface area contributed by atoms with E-state index >= 15 is 0 Å². The first-order valence-corrected chi connectivity index (χ1v) is 5.56. The van der Waals surface area contributed by atoms with Gasteiger partial charge in [0.2, 0.25) is 0 Å². The maximum Gasteiger partial charge on any atom is 0.309 e. The van der Waals surface area contributed by atoms with Gasteiger partial charge in [-0.15, -0.1) is 0 Å². The minimum absolute atomic E-state index is 0.461. The maximum absolute atomic E-state index is 11.1. The first-order chi connectivity index (χ1) is 7.77. The lowest BCUT2D eigenvalue weighted by Gasteiger charge is -2.20. The van der Waals surface area contributed by atoms with Gasteiger partial charge in [-0.1, -0.05) is 12.1 Å². The fraction of sp³-hybridized carbons (Fsp3) is 0.429. The Kier molecular flexibility index (Phi) is 3.71. The van der Waals surface area contributed by atoms with Crippen molar-refractivity contribution in [1.29, 1.82) is 0 Å². The Bertz CT molecular complexity index is 436. The fourth-order valence-electron chi connectivity index (χ4n) is 1.94. The minimum Gasteiger partial charge on any atom is -0.481 e. The second kappa shape index (κ2) is 4.70. The van der Waals surface area contributed by atoms with Crippen LogP contribution in [-0.4, -0.2) is 17.4 Å².